The Hall–Kier alpha value is -1.55. The molecule has 0 radical (unpaired) electrons. The van der Waals surface area contributed by atoms with Crippen LogP contribution in [0.3, 0.4) is 0 Å². The van der Waals surface area contributed by atoms with Gasteiger partial charge in [0.1, 0.15) is 0 Å². The quantitative estimate of drug-likeness (QED) is 0.864. The van der Waals surface area contributed by atoms with Gasteiger partial charge >= 0.3 is 0 Å². The van der Waals surface area contributed by atoms with E-state index in [2.05, 4.69) is 22.8 Å². The lowest BCUT2D eigenvalue weighted by molar-refractivity contribution is -0.128. The monoisotopic (exact) mass is 275 g/mol. The number of piperidine rings is 1. The van der Waals surface area contributed by atoms with Gasteiger partial charge in [-0.1, -0.05) is 18.2 Å². The highest BCUT2D eigenvalue weighted by Crippen LogP contribution is 2.19. The Bertz CT molecular complexity index is 441. The van der Waals surface area contributed by atoms with Crippen LogP contribution in [0.1, 0.15) is 25.3 Å². The lowest BCUT2D eigenvalue weighted by Gasteiger charge is -2.24. The van der Waals surface area contributed by atoms with Crippen molar-refractivity contribution >= 4 is 11.6 Å². The number of benzene rings is 1. The molecule has 0 unspecified atom stereocenters. The van der Waals surface area contributed by atoms with Crippen LogP contribution in [-0.4, -0.2) is 37.5 Å². The van der Waals surface area contributed by atoms with E-state index in [1.807, 2.05) is 19.2 Å². The molecule has 0 aliphatic carbocycles. The first kappa shape index (κ1) is 14.9. The molecule has 2 N–H and O–H groups in total. The summed E-state index contributed by atoms with van der Waals surface area (Å²) in [7, 11) is 1.84. The van der Waals surface area contributed by atoms with Crippen molar-refractivity contribution in [2.24, 2.45) is 5.92 Å². The van der Waals surface area contributed by atoms with Crippen molar-refractivity contribution in [3.8, 4) is 0 Å². The molecule has 110 valence electrons. The second kappa shape index (κ2) is 7.29. The van der Waals surface area contributed by atoms with Gasteiger partial charge < -0.3 is 15.5 Å². The smallest absolute Gasteiger partial charge is 0.219 e. The average molecular weight is 275 g/mol. The van der Waals surface area contributed by atoms with Gasteiger partial charge in [0.05, 0.1) is 0 Å². The first-order valence-electron chi connectivity index (χ1n) is 7.41. The summed E-state index contributed by atoms with van der Waals surface area (Å²) in [6.45, 7) is 5.53. The molecular formula is C16H25N3O. The number of hydrogen-bond acceptors (Lipinski definition) is 3. The van der Waals surface area contributed by atoms with Gasteiger partial charge in [-0.25, -0.2) is 0 Å². The molecule has 0 aromatic heterocycles. The van der Waals surface area contributed by atoms with Crippen LogP contribution in [-0.2, 0) is 11.3 Å². The Kier molecular flexibility index (Phi) is 5.41. The molecule has 1 amide bonds. The molecule has 2 rings (SSSR count). The van der Waals surface area contributed by atoms with E-state index in [1.165, 1.54) is 18.4 Å². The van der Waals surface area contributed by atoms with Gasteiger partial charge in [0.2, 0.25) is 5.91 Å². The van der Waals surface area contributed by atoms with Crippen molar-refractivity contribution < 1.29 is 4.79 Å². The number of amides is 1. The molecule has 4 nitrogen and oxygen atoms in total. The van der Waals surface area contributed by atoms with Gasteiger partial charge in [0.25, 0.3) is 0 Å². The maximum absolute atomic E-state index is 11.4. The summed E-state index contributed by atoms with van der Waals surface area (Å²) in [4.78, 5) is 13.1. The van der Waals surface area contributed by atoms with Crippen LogP contribution in [0.15, 0.2) is 24.3 Å². The fourth-order valence-corrected chi connectivity index (χ4v) is 2.54. The van der Waals surface area contributed by atoms with Crippen molar-refractivity contribution in [2.75, 3.05) is 32.0 Å². The Balaban J connectivity index is 1.94. The van der Waals surface area contributed by atoms with E-state index < -0.39 is 0 Å². The second-order valence-corrected chi connectivity index (χ2v) is 5.61. The van der Waals surface area contributed by atoms with E-state index in [9.17, 15) is 4.79 Å². The zero-order valence-corrected chi connectivity index (χ0v) is 12.5. The topological polar surface area (TPSA) is 44.4 Å². The second-order valence-electron chi connectivity index (χ2n) is 5.61. The summed E-state index contributed by atoms with van der Waals surface area (Å²) in [6.07, 6.45) is 2.48. The minimum atomic E-state index is 0.0955. The lowest BCUT2D eigenvalue weighted by Crippen LogP contribution is -2.31. The summed E-state index contributed by atoms with van der Waals surface area (Å²) < 4.78 is 0. The van der Waals surface area contributed by atoms with Crippen LogP contribution in [0.4, 0.5) is 5.69 Å². The molecule has 0 saturated carbocycles. The van der Waals surface area contributed by atoms with Gasteiger partial charge in [-0.2, -0.15) is 0 Å². The van der Waals surface area contributed by atoms with E-state index in [0.717, 1.165) is 31.2 Å². The largest absolute Gasteiger partial charge is 0.384 e. The lowest BCUT2D eigenvalue weighted by atomic mass is 9.98. The van der Waals surface area contributed by atoms with E-state index in [0.29, 0.717) is 6.54 Å². The van der Waals surface area contributed by atoms with Gasteiger partial charge in [-0.3, -0.25) is 4.79 Å². The molecule has 1 aliphatic rings. The predicted octanol–water partition coefficient (Wildman–Crippen LogP) is 2.08. The third-order valence-corrected chi connectivity index (χ3v) is 4.00. The maximum atomic E-state index is 11.4. The summed E-state index contributed by atoms with van der Waals surface area (Å²) in [5, 5.41) is 6.95. The van der Waals surface area contributed by atoms with Crippen molar-refractivity contribution in [1.29, 1.82) is 0 Å². The molecule has 0 atom stereocenters. The molecule has 4 heteroatoms. The number of anilines is 1. The number of nitrogens with zero attached hydrogens (tertiary/aromatic N) is 1. The molecule has 1 aromatic carbocycles. The van der Waals surface area contributed by atoms with Gasteiger partial charge in [-0.15, -0.1) is 0 Å². The van der Waals surface area contributed by atoms with Crippen LogP contribution in [0, 0.1) is 5.92 Å². The van der Waals surface area contributed by atoms with Crippen LogP contribution in [0.2, 0.25) is 0 Å². The zero-order chi connectivity index (χ0) is 14.4. The van der Waals surface area contributed by atoms with Crippen LogP contribution >= 0.6 is 0 Å². The summed E-state index contributed by atoms with van der Waals surface area (Å²) in [6, 6.07) is 8.26. The molecule has 1 aliphatic heterocycles. The van der Waals surface area contributed by atoms with Crippen molar-refractivity contribution in [3.63, 3.8) is 0 Å². The third-order valence-electron chi connectivity index (χ3n) is 4.00. The predicted molar refractivity (Wildman–Crippen MR) is 82.7 cm³/mol. The molecule has 20 heavy (non-hydrogen) atoms. The van der Waals surface area contributed by atoms with Crippen molar-refractivity contribution in [3.05, 3.63) is 29.8 Å². The van der Waals surface area contributed by atoms with Crippen LogP contribution in [0.5, 0.6) is 0 Å². The minimum absolute atomic E-state index is 0.0955. The van der Waals surface area contributed by atoms with Gasteiger partial charge in [0, 0.05) is 32.7 Å². The van der Waals surface area contributed by atoms with Crippen molar-refractivity contribution in [2.45, 2.75) is 26.3 Å². The highest BCUT2D eigenvalue weighted by atomic mass is 16.2. The molecular weight excluding hydrogens is 250 g/mol. The highest BCUT2D eigenvalue weighted by Gasteiger charge is 2.13. The Morgan fingerprint density at radius 2 is 2.05 bits per heavy atom. The van der Waals surface area contributed by atoms with Crippen molar-refractivity contribution in [1.82, 2.24) is 10.2 Å². The molecule has 1 heterocycles. The van der Waals surface area contributed by atoms with E-state index in [1.54, 1.807) is 11.8 Å². The molecule has 1 saturated heterocycles. The number of nitrogens with one attached hydrogen (secondary N) is 2. The average Bonchev–Trinajstić information content (AvgIpc) is 2.47. The van der Waals surface area contributed by atoms with Crippen LogP contribution < -0.4 is 10.6 Å². The first-order chi connectivity index (χ1) is 9.66. The summed E-state index contributed by atoms with van der Waals surface area (Å²) >= 11 is 0. The molecule has 1 fully saturated rings. The fourth-order valence-electron chi connectivity index (χ4n) is 2.54. The molecule has 0 spiro atoms. The number of carbonyl (C=O) groups is 1. The molecule has 1 aromatic rings. The SMILES string of the molecule is CC(=O)N(C)Cc1ccccc1NCC1CCNCC1. The third kappa shape index (κ3) is 4.23. The normalized spacial score (nSPS) is 15.9. The first-order valence-corrected chi connectivity index (χ1v) is 7.41. The Morgan fingerprint density at radius 3 is 2.75 bits per heavy atom. The number of rotatable bonds is 5. The zero-order valence-electron chi connectivity index (χ0n) is 12.5. The number of para-hydroxylation sites is 1. The Labute approximate surface area is 121 Å². The number of carbonyl (C=O) groups excluding carboxylic acids is 1. The summed E-state index contributed by atoms with van der Waals surface area (Å²) in [5.74, 6) is 0.841. The van der Waals surface area contributed by atoms with Crippen LogP contribution in [0.25, 0.3) is 0 Å². The fraction of sp³-hybridized carbons (Fsp3) is 0.562. The minimum Gasteiger partial charge on any atom is -0.384 e. The summed E-state index contributed by atoms with van der Waals surface area (Å²) in [5.41, 5.74) is 2.33. The van der Waals surface area contributed by atoms with Gasteiger partial charge in [0.15, 0.2) is 0 Å². The molecule has 0 bridgehead atoms. The standard InChI is InChI=1S/C16H25N3O/c1-13(20)19(2)12-15-5-3-4-6-16(15)18-11-14-7-9-17-10-8-14/h3-6,14,17-18H,7-12H2,1-2H3. The maximum Gasteiger partial charge on any atom is 0.219 e. The van der Waals surface area contributed by atoms with E-state index in [4.69, 9.17) is 0 Å². The highest BCUT2D eigenvalue weighted by molar-refractivity contribution is 5.73. The number of hydrogen-bond donors (Lipinski definition) is 2. The van der Waals surface area contributed by atoms with E-state index >= 15 is 0 Å². The Morgan fingerprint density at radius 1 is 1.35 bits per heavy atom. The van der Waals surface area contributed by atoms with Gasteiger partial charge in [-0.05, 0) is 43.5 Å². The van der Waals surface area contributed by atoms with E-state index in [-0.39, 0.29) is 5.91 Å².